The van der Waals surface area contributed by atoms with Crippen LogP contribution in [0.3, 0.4) is 0 Å². The Balaban J connectivity index is 2.83. The van der Waals surface area contributed by atoms with Crippen LogP contribution in [0, 0.1) is 11.3 Å². The molecule has 3 N–H and O–H groups in total. The van der Waals surface area contributed by atoms with Crippen molar-refractivity contribution in [2.45, 2.75) is 19.9 Å². The van der Waals surface area contributed by atoms with E-state index in [0.29, 0.717) is 0 Å². The highest BCUT2D eigenvalue weighted by Gasteiger charge is 2.14. The van der Waals surface area contributed by atoms with Crippen LogP contribution >= 0.6 is 0 Å². The maximum Gasteiger partial charge on any atom is 0.300 e. The third-order valence-electron chi connectivity index (χ3n) is 1.39. The molecule has 8 heteroatoms. The van der Waals surface area contributed by atoms with Gasteiger partial charge in [-0.25, -0.2) is 0 Å². The van der Waals surface area contributed by atoms with Gasteiger partial charge in [-0.2, -0.15) is 23.5 Å². The number of aromatic amines is 1. The number of nitriles is 1. The number of rotatable bonds is 4. The number of nitrogens with one attached hydrogen (secondary N) is 3. The fourth-order valence-corrected chi connectivity index (χ4v) is 2.03. The molecule has 1 aromatic heterocycles. The molecule has 0 bridgehead atoms. The normalized spacial score (nSPS) is 11.3. The topological polar surface area (TPSA) is 111 Å². The molecule has 0 aliphatic rings. The Morgan fingerprint density at radius 1 is 1.60 bits per heavy atom. The van der Waals surface area contributed by atoms with Crippen LogP contribution in [0.2, 0.25) is 0 Å². The molecule has 0 radical (unpaired) electrons. The molecule has 0 atom stereocenters. The van der Waals surface area contributed by atoms with Crippen LogP contribution in [-0.2, 0) is 10.2 Å². The van der Waals surface area contributed by atoms with E-state index in [-0.39, 0.29) is 17.4 Å². The Kier molecular flexibility index (Phi) is 3.28. The van der Waals surface area contributed by atoms with Gasteiger partial charge < -0.3 is 0 Å². The molecule has 0 spiro atoms. The maximum atomic E-state index is 11.4. The van der Waals surface area contributed by atoms with Crippen LogP contribution in [0.15, 0.2) is 6.20 Å². The molecule has 82 valence electrons. The van der Waals surface area contributed by atoms with Crippen molar-refractivity contribution in [3.8, 4) is 6.07 Å². The predicted molar refractivity (Wildman–Crippen MR) is 54.1 cm³/mol. The second-order valence-electron chi connectivity index (χ2n) is 3.15. The van der Waals surface area contributed by atoms with Gasteiger partial charge in [-0.05, 0) is 13.8 Å². The molecule has 0 saturated heterocycles. The number of hydrogen-bond acceptors (Lipinski definition) is 4. The molecular weight excluding hydrogens is 218 g/mol. The van der Waals surface area contributed by atoms with Crippen molar-refractivity contribution in [3.63, 3.8) is 0 Å². The van der Waals surface area contributed by atoms with Gasteiger partial charge >= 0.3 is 10.2 Å². The van der Waals surface area contributed by atoms with Crippen molar-refractivity contribution in [1.29, 1.82) is 5.26 Å². The maximum absolute atomic E-state index is 11.4. The van der Waals surface area contributed by atoms with E-state index in [1.54, 1.807) is 19.9 Å². The van der Waals surface area contributed by atoms with Gasteiger partial charge in [0, 0.05) is 6.04 Å². The highest BCUT2D eigenvalue weighted by Crippen LogP contribution is 2.10. The van der Waals surface area contributed by atoms with E-state index in [1.165, 1.54) is 6.20 Å². The van der Waals surface area contributed by atoms with Crippen molar-refractivity contribution in [1.82, 2.24) is 14.9 Å². The largest absolute Gasteiger partial charge is 0.300 e. The fraction of sp³-hybridized carbons (Fsp3) is 0.429. The lowest BCUT2D eigenvalue weighted by Crippen LogP contribution is -2.35. The SMILES string of the molecule is CC(C)NS(=O)(=O)Nc1[nH]ncc1C#N. The molecule has 15 heavy (non-hydrogen) atoms. The Bertz CT molecular complexity index is 470. The minimum Gasteiger partial charge on any atom is -0.261 e. The summed E-state index contributed by atoms with van der Waals surface area (Å²) in [6, 6.07) is 1.58. The lowest BCUT2D eigenvalue weighted by Gasteiger charge is -2.09. The molecule has 0 unspecified atom stereocenters. The predicted octanol–water partition coefficient (Wildman–Crippen LogP) is -0.0639. The summed E-state index contributed by atoms with van der Waals surface area (Å²) in [5, 5.41) is 14.6. The van der Waals surface area contributed by atoms with Crippen molar-refractivity contribution in [2.75, 3.05) is 4.72 Å². The van der Waals surface area contributed by atoms with E-state index < -0.39 is 10.2 Å². The summed E-state index contributed by atoms with van der Waals surface area (Å²) in [6.07, 6.45) is 1.24. The first-order valence-electron chi connectivity index (χ1n) is 4.18. The van der Waals surface area contributed by atoms with Crippen LogP contribution < -0.4 is 9.44 Å². The quantitative estimate of drug-likeness (QED) is 0.671. The highest BCUT2D eigenvalue weighted by molar-refractivity contribution is 7.90. The molecule has 1 aromatic rings. The molecule has 0 amide bonds. The van der Waals surface area contributed by atoms with E-state index in [2.05, 4.69) is 19.6 Å². The van der Waals surface area contributed by atoms with Gasteiger partial charge in [0.25, 0.3) is 0 Å². The minimum absolute atomic E-state index is 0.0608. The van der Waals surface area contributed by atoms with Crippen LogP contribution in [0.4, 0.5) is 5.82 Å². The molecule has 0 aromatic carbocycles. The summed E-state index contributed by atoms with van der Waals surface area (Å²) >= 11 is 0. The zero-order chi connectivity index (χ0) is 11.5. The van der Waals surface area contributed by atoms with Gasteiger partial charge in [-0.3, -0.25) is 9.82 Å². The average Bonchev–Trinajstić information content (AvgIpc) is 2.48. The summed E-state index contributed by atoms with van der Waals surface area (Å²) < 4.78 is 27.3. The summed E-state index contributed by atoms with van der Waals surface area (Å²) in [5.74, 6) is 0.0608. The van der Waals surface area contributed by atoms with Crippen molar-refractivity contribution in [2.24, 2.45) is 0 Å². The monoisotopic (exact) mass is 229 g/mol. The summed E-state index contributed by atoms with van der Waals surface area (Å²) in [7, 11) is -3.66. The van der Waals surface area contributed by atoms with Gasteiger partial charge in [-0.1, -0.05) is 0 Å². The number of H-pyrrole nitrogens is 1. The summed E-state index contributed by atoms with van der Waals surface area (Å²) in [4.78, 5) is 0. The Hall–Kier alpha value is -1.59. The van der Waals surface area contributed by atoms with Gasteiger partial charge in [0.1, 0.15) is 11.6 Å². The van der Waals surface area contributed by atoms with Crippen molar-refractivity contribution < 1.29 is 8.42 Å². The third-order valence-corrected chi connectivity index (χ3v) is 2.64. The van der Waals surface area contributed by atoms with Crippen LogP contribution in [0.5, 0.6) is 0 Å². The Labute approximate surface area is 87.7 Å². The Morgan fingerprint density at radius 3 is 2.80 bits per heavy atom. The van der Waals surface area contributed by atoms with Crippen LogP contribution in [-0.4, -0.2) is 24.7 Å². The first kappa shape index (κ1) is 11.5. The minimum atomic E-state index is -3.66. The molecule has 1 rings (SSSR count). The van der Waals surface area contributed by atoms with Crippen molar-refractivity contribution >= 4 is 16.0 Å². The van der Waals surface area contributed by atoms with Crippen molar-refractivity contribution in [3.05, 3.63) is 11.8 Å². The van der Waals surface area contributed by atoms with E-state index in [9.17, 15) is 8.42 Å². The second kappa shape index (κ2) is 4.29. The lowest BCUT2D eigenvalue weighted by molar-refractivity contribution is 0.575. The highest BCUT2D eigenvalue weighted by atomic mass is 32.2. The second-order valence-corrected chi connectivity index (χ2v) is 4.60. The van der Waals surface area contributed by atoms with Gasteiger partial charge in [0.05, 0.1) is 6.20 Å². The molecular formula is C7H11N5O2S. The first-order chi connectivity index (χ1) is 6.94. The molecule has 1 heterocycles. The van der Waals surface area contributed by atoms with Gasteiger partial charge in [0.2, 0.25) is 0 Å². The molecule has 0 aliphatic carbocycles. The molecule has 0 saturated carbocycles. The molecule has 7 nitrogen and oxygen atoms in total. The first-order valence-corrected chi connectivity index (χ1v) is 5.66. The fourth-order valence-electron chi connectivity index (χ4n) is 0.923. The lowest BCUT2D eigenvalue weighted by atomic mass is 10.4. The Morgan fingerprint density at radius 2 is 2.27 bits per heavy atom. The summed E-state index contributed by atoms with van der Waals surface area (Å²) in [6.45, 7) is 3.38. The number of nitrogens with zero attached hydrogens (tertiary/aromatic N) is 2. The number of aromatic nitrogens is 2. The molecule has 0 fully saturated rings. The standard InChI is InChI=1S/C7H11N5O2S/c1-5(2)11-15(13,14)12-7-6(3-8)4-9-10-7/h4-5,11H,1-2H3,(H2,9,10,12). The van der Waals surface area contributed by atoms with Crippen LogP contribution in [0.1, 0.15) is 19.4 Å². The zero-order valence-corrected chi connectivity index (χ0v) is 9.09. The number of hydrogen-bond donors (Lipinski definition) is 3. The third kappa shape index (κ3) is 3.23. The zero-order valence-electron chi connectivity index (χ0n) is 8.27. The van der Waals surface area contributed by atoms with E-state index in [4.69, 9.17) is 5.26 Å². The molecule has 0 aliphatic heterocycles. The van der Waals surface area contributed by atoms with Gasteiger partial charge in [-0.15, -0.1) is 0 Å². The average molecular weight is 229 g/mol. The smallest absolute Gasteiger partial charge is 0.261 e. The van der Waals surface area contributed by atoms with E-state index in [0.717, 1.165) is 0 Å². The van der Waals surface area contributed by atoms with Crippen LogP contribution in [0.25, 0.3) is 0 Å². The van der Waals surface area contributed by atoms with E-state index >= 15 is 0 Å². The number of anilines is 1. The van der Waals surface area contributed by atoms with E-state index in [1.807, 2.05) is 0 Å². The van der Waals surface area contributed by atoms with Gasteiger partial charge in [0.15, 0.2) is 5.82 Å². The summed E-state index contributed by atoms with van der Waals surface area (Å²) in [5.41, 5.74) is 0.143.